The lowest BCUT2D eigenvalue weighted by Gasteiger charge is -2.23. The van der Waals surface area contributed by atoms with E-state index in [1.54, 1.807) is 0 Å². The molecule has 3 nitrogen and oxygen atoms in total. The summed E-state index contributed by atoms with van der Waals surface area (Å²) < 4.78 is 0. The first-order valence-corrected chi connectivity index (χ1v) is 7.31. The Bertz CT molecular complexity index is 338. The minimum absolute atomic E-state index is 0.227. The Kier molecular flexibility index (Phi) is 7.03. The van der Waals surface area contributed by atoms with E-state index in [1.807, 2.05) is 25.3 Å². The van der Waals surface area contributed by atoms with Crippen LogP contribution in [0.5, 0.6) is 0 Å². The molecule has 0 bridgehead atoms. The van der Waals surface area contributed by atoms with Crippen LogP contribution in [0.25, 0.3) is 0 Å². The van der Waals surface area contributed by atoms with Crippen molar-refractivity contribution in [2.24, 2.45) is 11.8 Å². The maximum Gasteiger partial charge on any atom is 0.0573 e. The smallest absolute Gasteiger partial charge is 0.0573 e. The summed E-state index contributed by atoms with van der Waals surface area (Å²) in [5, 5.41) is 13.0. The third kappa shape index (κ3) is 6.69. The highest BCUT2D eigenvalue weighted by Gasteiger charge is 2.15. The third-order valence-corrected chi connectivity index (χ3v) is 3.21. The Morgan fingerprint density at radius 2 is 1.89 bits per heavy atom. The van der Waals surface area contributed by atoms with Gasteiger partial charge in [-0.2, -0.15) is 0 Å². The first-order chi connectivity index (χ1) is 8.99. The van der Waals surface area contributed by atoms with Gasteiger partial charge in [0, 0.05) is 12.2 Å². The minimum Gasteiger partial charge on any atom is -0.393 e. The molecular formula is C16H28N2O. The molecule has 1 aromatic heterocycles. The van der Waals surface area contributed by atoms with Crippen molar-refractivity contribution in [3.8, 4) is 0 Å². The Labute approximate surface area is 117 Å². The van der Waals surface area contributed by atoms with Crippen LogP contribution in [0.3, 0.4) is 0 Å². The molecule has 0 aliphatic rings. The highest BCUT2D eigenvalue weighted by atomic mass is 16.3. The number of aliphatic hydroxyl groups excluding tert-OH is 1. The zero-order valence-corrected chi connectivity index (χ0v) is 12.6. The standard InChI is InChI=1S/C16H28N2O/c1-12(2)9-16(15-7-5-6-8-17-15)18-11-13(3)10-14(4)19/h5-8,12-14,16,18-19H,9-11H2,1-4H3. The molecule has 0 aliphatic carbocycles. The summed E-state index contributed by atoms with van der Waals surface area (Å²) in [6, 6.07) is 6.37. The van der Waals surface area contributed by atoms with Crippen LogP contribution >= 0.6 is 0 Å². The molecule has 1 heterocycles. The van der Waals surface area contributed by atoms with Gasteiger partial charge in [0.1, 0.15) is 0 Å². The van der Waals surface area contributed by atoms with Gasteiger partial charge in [-0.25, -0.2) is 0 Å². The highest BCUT2D eigenvalue weighted by Crippen LogP contribution is 2.20. The number of hydrogen-bond donors (Lipinski definition) is 2. The first kappa shape index (κ1) is 16.1. The van der Waals surface area contributed by atoms with Gasteiger partial charge in [-0.3, -0.25) is 4.98 Å². The van der Waals surface area contributed by atoms with E-state index >= 15 is 0 Å². The predicted octanol–water partition coefficient (Wildman–Crippen LogP) is 3.17. The van der Waals surface area contributed by atoms with Crippen molar-refractivity contribution < 1.29 is 5.11 Å². The van der Waals surface area contributed by atoms with Gasteiger partial charge in [-0.1, -0.05) is 26.8 Å². The molecule has 0 aliphatic heterocycles. The molecule has 3 heteroatoms. The van der Waals surface area contributed by atoms with Crippen molar-refractivity contribution in [1.29, 1.82) is 0 Å². The van der Waals surface area contributed by atoms with Crippen LogP contribution in [-0.4, -0.2) is 22.7 Å². The van der Waals surface area contributed by atoms with E-state index in [0.717, 1.165) is 25.1 Å². The van der Waals surface area contributed by atoms with Crippen molar-refractivity contribution >= 4 is 0 Å². The van der Waals surface area contributed by atoms with Crippen molar-refractivity contribution in [2.45, 2.75) is 52.7 Å². The highest BCUT2D eigenvalue weighted by molar-refractivity contribution is 5.08. The molecule has 1 rings (SSSR count). The van der Waals surface area contributed by atoms with Gasteiger partial charge in [0.15, 0.2) is 0 Å². The van der Waals surface area contributed by atoms with Gasteiger partial charge in [0.2, 0.25) is 0 Å². The average molecular weight is 264 g/mol. The summed E-state index contributed by atoms with van der Waals surface area (Å²) >= 11 is 0. The summed E-state index contributed by atoms with van der Waals surface area (Å²) in [7, 11) is 0. The Hall–Kier alpha value is -0.930. The summed E-state index contributed by atoms with van der Waals surface area (Å²) in [5.74, 6) is 1.10. The largest absolute Gasteiger partial charge is 0.393 e. The van der Waals surface area contributed by atoms with E-state index in [0.29, 0.717) is 17.9 Å². The molecule has 3 unspecified atom stereocenters. The van der Waals surface area contributed by atoms with Crippen LogP contribution in [0, 0.1) is 11.8 Å². The van der Waals surface area contributed by atoms with Crippen molar-refractivity contribution in [1.82, 2.24) is 10.3 Å². The quantitative estimate of drug-likeness (QED) is 0.758. The Morgan fingerprint density at radius 3 is 2.42 bits per heavy atom. The van der Waals surface area contributed by atoms with Gasteiger partial charge >= 0.3 is 0 Å². The second-order valence-electron chi connectivity index (χ2n) is 6.03. The van der Waals surface area contributed by atoms with Crippen LogP contribution in [0.15, 0.2) is 24.4 Å². The molecule has 1 aromatic rings. The minimum atomic E-state index is -0.227. The number of hydrogen-bond acceptors (Lipinski definition) is 3. The molecule has 0 spiro atoms. The molecule has 3 atom stereocenters. The molecule has 0 radical (unpaired) electrons. The molecule has 0 saturated carbocycles. The van der Waals surface area contributed by atoms with Gasteiger partial charge in [0.05, 0.1) is 11.8 Å². The number of rotatable bonds is 8. The van der Waals surface area contributed by atoms with Crippen LogP contribution in [0.1, 0.15) is 52.3 Å². The zero-order valence-electron chi connectivity index (χ0n) is 12.6. The number of aromatic nitrogens is 1. The van der Waals surface area contributed by atoms with Crippen LogP contribution < -0.4 is 5.32 Å². The Balaban J connectivity index is 2.56. The van der Waals surface area contributed by atoms with E-state index in [1.165, 1.54) is 0 Å². The van der Waals surface area contributed by atoms with Crippen molar-refractivity contribution in [2.75, 3.05) is 6.54 Å². The molecule has 0 aromatic carbocycles. The van der Waals surface area contributed by atoms with E-state index < -0.39 is 0 Å². The molecule has 19 heavy (non-hydrogen) atoms. The molecule has 2 N–H and O–H groups in total. The van der Waals surface area contributed by atoms with Gasteiger partial charge in [-0.05, 0) is 50.3 Å². The molecule has 108 valence electrons. The molecule has 0 saturated heterocycles. The number of pyridine rings is 1. The fourth-order valence-corrected chi connectivity index (χ4v) is 2.37. The number of nitrogens with zero attached hydrogens (tertiary/aromatic N) is 1. The normalized spacial score (nSPS) is 16.3. The third-order valence-electron chi connectivity index (χ3n) is 3.21. The fourth-order valence-electron chi connectivity index (χ4n) is 2.37. The predicted molar refractivity (Wildman–Crippen MR) is 79.9 cm³/mol. The van der Waals surface area contributed by atoms with Crippen LogP contribution in [-0.2, 0) is 0 Å². The van der Waals surface area contributed by atoms with Crippen LogP contribution in [0.2, 0.25) is 0 Å². The number of nitrogens with one attached hydrogen (secondary N) is 1. The van der Waals surface area contributed by atoms with E-state index in [4.69, 9.17) is 0 Å². The van der Waals surface area contributed by atoms with Gasteiger partial charge < -0.3 is 10.4 Å². The lowest BCUT2D eigenvalue weighted by Crippen LogP contribution is -2.29. The maximum absolute atomic E-state index is 9.41. The summed E-state index contributed by atoms with van der Waals surface area (Å²) in [6.07, 6.45) is 3.54. The lowest BCUT2D eigenvalue weighted by atomic mass is 9.99. The second kappa shape index (κ2) is 8.28. The summed E-state index contributed by atoms with van der Waals surface area (Å²) in [4.78, 5) is 4.46. The molecular weight excluding hydrogens is 236 g/mol. The average Bonchev–Trinajstić information content (AvgIpc) is 2.34. The SMILES string of the molecule is CC(C)CC(NCC(C)CC(C)O)c1ccccn1. The fraction of sp³-hybridized carbons (Fsp3) is 0.688. The Morgan fingerprint density at radius 1 is 1.16 bits per heavy atom. The molecule has 0 fully saturated rings. The van der Waals surface area contributed by atoms with Crippen molar-refractivity contribution in [3.63, 3.8) is 0 Å². The van der Waals surface area contributed by atoms with Crippen LogP contribution in [0.4, 0.5) is 0 Å². The summed E-state index contributed by atoms with van der Waals surface area (Å²) in [6.45, 7) is 9.40. The lowest BCUT2D eigenvalue weighted by molar-refractivity contribution is 0.162. The molecule has 0 amide bonds. The first-order valence-electron chi connectivity index (χ1n) is 7.31. The maximum atomic E-state index is 9.41. The summed E-state index contributed by atoms with van der Waals surface area (Å²) in [5.41, 5.74) is 1.11. The van der Waals surface area contributed by atoms with Gasteiger partial charge in [-0.15, -0.1) is 0 Å². The second-order valence-corrected chi connectivity index (χ2v) is 6.03. The zero-order chi connectivity index (χ0) is 14.3. The van der Waals surface area contributed by atoms with E-state index in [2.05, 4.69) is 37.1 Å². The van der Waals surface area contributed by atoms with E-state index in [9.17, 15) is 5.11 Å². The number of aliphatic hydroxyl groups is 1. The van der Waals surface area contributed by atoms with Gasteiger partial charge in [0.25, 0.3) is 0 Å². The van der Waals surface area contributed by atoms with E-state index in [-0.39, 0.29) is 6.10 Å². The topological polar surface area (TPSA) is 45.1 Å². The van der Waals surface area contributed by atoms with Crippen molar-refractivity contribution in [3.05, 3.63) is 30.1 Å². The monoisotopic (exact) mass is 264 g/mol.